The standard InChI is InChI=1S/C16H12ClF3N2O5/c1-8(2)26-15(23)11-6-10(3-4-13(11)22(24)25)27-14-12(17)5-9(7-21-14)16(18,19)20/h3-8H,1-2H3. The zero-order valence-electron chi connectivity index (χ0n) is 13.9. The van der Waals surface area contributed by atoms with E-state index < -0.39 is 39.4 Å². The summed E-state index contributed by atoms with van der Waals surface area (Å²) >= 11 is 5.75. The predicted molar refractivity (Wildman–Crippen MR) is 88.0 cm³/mol. The van der Waals surface area contributed by atoms with E-state index in [1.165, 1.54) is 0 Å². The predicted octanol–water partition coefficient (Wildman–Crippen LogP) is 5.02. The third-order valence-corrected chi connectivity index (χ3v) is 3.35. The smallest absolute Gasteiger partial charge is 0.417 e. The van der Waals surface area contributed by atoms with Crippen LogP contribution in [0.15, 0.2) is 30.5 Å². The molecule has 0 saturated heterocycles. The van der Waals surface area contributed by atoms with E-state index in [-0.39, 0.29) is 17.2 Å². The first-order chi connectivity index (χ1) is 12.5. The summed E-state index contributed by atoms with van der Waals surface area (Å²) in [4.78, 5) is 25.9. The number of pyridine rings is 1. The molecule has 0 N–H and O–H groups in total. The number of carbonyl (C=O) groups is 1. The van der Waals surface area contributed by atoms with Crippen LogP contribution in [0.5, 0.6) is 11.6 Å². The van der Waals surface area contributed by atoms with E-state index in [2.05, 4.69) is 4.98 Å². The van der Waals surface area contributed by atoms with Gasteiger partial charge in [0.05, 0.1) is 16.6 Å². The minimum absolute atomic E-state index is 0.0922. The number of benzene rings is 1. The Bertz CT molecular complexity index is 887. The fourth-order valence-corrected chi connectivity index (χ4v) is 2.15. The number of nitro benzene ring substituents is 1. The molecule has 2 aromatic rings. The van der Waals surface area contributed by atoms with E-state index >= 15 is 0 Å². The molecule has 0 aliphatic heterocycles. The van der Waals surface area contributed by atoms with Gasteiger partial charge in [0.15, 0.2) is 0 Å². The molecule has 1 heterocycles. The third-order valence-electron chi connectivity index (χ3n) is 3.08. The van der Waals surface area contributed by atoms with Gasteiger partial charge in [-0.2, -0.15) is 13.2 Å². The van der Waals surface area contributed by atoms with Crippen molar-refractivity contribution in [1.29, 1.82) is 0 Å². The summed E-state index contributed by atoms with van der Waals surface area (Å²) in [6.45, 7) is 3.13. The molecule has 27 heavy (non-hydrogen) atoms. The maximum Gasteiger partial charge on any atom is 0.417 e. The van der Waals surface area contributed by atoms with Gasteiger partial charge in [0.1, 0.15) is 16.3 Å². The molecule has 1 aromatic carbocycles. The largest absolute Gasteiger partial charge is 0.459 e. The van der Waals surface area contributed by atoms with Crippen molar-refractivity contribution in [1.82, 2.24) is 4.98 Å². The zero-order chi connectivity index (χ0) is 20.4. The van der Waals surface area contributed by atoms with Gasteiger partial charge in [0, 0.05) is 18.3 Å². The summed E-state index contributed by atoms with van der Waals surface area (Å²) in [6.07, 6.45) is -4.62. The van der Waals surface area contributed by atoms with E-state index in [1.807, 2.05) is 0 Å². The lowest BCUT2D eigenvalue weighted by atomic mass is 10.1. The normalized spacial score (nSPS) is 11.4. The molecule has 0 aliphatic carbocycles. The van der Waals surface area contributed by atoms with Crippen LogP contribution in [-0.2, 0) is 10.9 Å². The summed E-state index contributed by atoms with van der Waals surface area (Å²) in [5.74, 6) is -1.40. The van der Waals surface area contributed by atoms with E-state index in [9.17, 15) is 28.1 Å². The van der Waals surface area contributed by atoms with Crippen LogP contribution in [0.2, 0.25) is 5.02 Å². The molecule has 7 nitrogen and oxygen atoms in total. The monoisotopic (exact) mass is 404 g/mol. The first-order valence-electron chi connectivity index (χ1n) is 7.39. The molecule has 0 fully saturated rings. The van der Waals surface area contributed by atoms with Gasteiger partial charge in [0.2, 0.25) is 5.88 Å². The first kappa shape index (κ1) is 20.4. The Morgan fingerprint density at radius 1 is 1.30 bits per heavy atom. The Kier molecular flexibility index (Phi) is 5.89. The van der Waals surface area contributed by atoms with E-state index in [0.29, 0.717) is 12.3 Å². The maximum atomic E-state index is 12.6. The zero-order valence-corrected chi connectivity index (χ0v) is 14.7. The number of hydrogen-bond donors (Lipinski definition) is 0. The van der Waals surface area contributed by atoms with Gasteiger partial charge < -0.3 is 9.47 Å². The average molecular weight is 405 g/mol. The van der Waals surface area contributed by atoms with Crippen LogP contribution in [-0.4, -0.2) is 22.0 Å². The number of halogens is 4. The van der Waals surface area contributed by atoms with Gasteiger partial charge in [-0.1, -0.05) is 11.6 Å². The lowest BCUT2D eigenvalue weighted by Gasteiger charge is -2.12. The van der Waals surface area contributed by atoms with Crippen molar-refractivity contribution < 1.29 is 32.4 Å². The number of rotatable bonds is 5. The quantitative estimate of drug-likeness (QED) is 0.395. The summed E-state index contributed by atoms with van der Waals surface area (Å²) in [5, 5.41) is 10.7. The Balaban J connectivity index is 2.37. The van der Waals surface area contributed by atoms with Gasteiger partial charge in [0.25, 0.3) is 5.69 Å². The highest BCUT2D eigenvalue weighted by atomic mass is 35.5. The van der Waals surface area contributed by atoms with Gasteiger partial charge in [-0.05, 0) is 26.0 Å². The number of nitrogens with zero attached hydrogens (tertiary/aromatic N) is 2. The van der Waals surface area contributed by atoms with Crippen LogP contribution in [0.25, 0.3) is 0 Å². The van der Waals surface area contributed by atoms with Crippen molar-refractivity contribution in [3.63, 3.8) is 0 Å². The molecule has 0 spiro atoms. The van der Waals surface area contributed by atoms with Crippen molar-refractivity contribution in [2.45, 2.75) is 26.1 Å². The molecule has 0 unspecified atom stereocenters. The van der Waals surface area contributed by atoms with Crippen molar-refractivity contribution in [2.75, 3.05) is 0 Å². The Morgan fingerprint density at radius 3 is 2.48 bits per heavy atom. The second-order valence-corrected chi connectivity index (χ2v) is 5.91. The summed E-state index contributed by atoms with van der Waals surface area (Å²) in [5.41, 5.74) is -1.96. The van der Waals surface area contributed by atoms with E-state index in [0.717, 1.165) is 18.2 Å². The van der Waals surface area contributed by atoms with Gasteiger partial charge >= 0.3 is 12.1 Å². The Morgan fingerprint density at radius 2 is 1.96 bits per heavy atom. The molecule has 0 aliphatic rings. The van der Waals surface area contributed by atoms with Crippen molar-refractivity contribution in [3.05, 3.63) is 56.7 Å². The molecule has 0 bridgehead atoms. The van der Waals surface area contributed by atoms with Crippen LogP contribution in [0, 0.1) is 10.1 Å². The lowest BCUT2D eigenvalue weighted by molar-refractivity contribution is -0.385. The van der Waals surface area contributed by atoms with Crippen LogP contribution >= 0.6 is 11.6 Å². The molecule has 0 saturated carbocycles. The van der Waals surface area contributed by atoms with E-state index in [4.69, 9.17) is 21.1 Å². The van der Waals surface area contributed by atoms with Gasteiger partial charge in [-0.15, -0.1) is 0 Å². The van der Waals surface area contributed by atoms with Crippen molar-refractivity contribution in [3.8, 4) is 11.6 Å². The van der Waals surface area contributed by atoms with Crippen LogP contribution in [0.3, 0.4) is 0 Å². The number of carbonyl (C=O) groups excluding carboxylic acids is 1. The minimum atomic E-state index is -4.63. The maximum absolute atomic E-state index is 12.6. The van der Waals surface area contributed by atoms with Crippen LogP contribution < -0.4 is 4.74 Å². The fourth-order valence-electron chi connectivity index (χ4n) is 1.95. The third kappa shape index (κ3) is 5.07. The second kappa shape index (κ2) is 7.78. The molecular weight excluding hydrogens is 393 g/mol. The summed E-state index contributed by atoms with van der Waals surface area (Å²) in [6, 6.07) is 3.81. The minimum Gasteiger partial charge on any atom is -0.459 e. The van der Waals surface area contributed by atoms with Crippen LogP contribution in [0.1, 0.15) is 29.8 Å². The summed E-state index contributed by atoms with van der Waals surface area (Å²) in [7, 11) is 0. The molecule has 144 valence electrons. The highest BCUT2D eigenvalue weighted by molar-refractivity contribution is 6.31. The molecule has 1 aromatic heterocycles. The average Bonchev–Trinajstić information content (AvgIpc) is 2.54. The first-order valence-corrected chi connectivity index (χ1v) is 7.77. The SMILES string of the molecule is CC(C)OC(=O)c1cc(Oc2ncc(C(F)(F)F)cc2Cl)ccc1[N+](=O)[O-]. The van der Waals surface area contributed by atoms with Crippen LogP contribution in [0.4, 0.5) is 18.9 Å². The molecular formula is C16H12ClF3N2O5. The molecule has 0 amide bonds. The highest BCUT2D eigenvalue weighted by Gasteiger charge is 2.32. The lowest BCUT2D eigenvalue weighted by Crippen LogP contribution is -2.13. The Labute approximate surface area is 155 Å². The van der Waals surface area contributed by atoms with Gasteiger partial charge in [-0.3, -0.25) is 10.1 Å². The number of esters is 1. The Hall–Kier alpha value is -2.88. The number of aromatic nitrogens is 1. The van der Waals surface area contributed by atoms with Gasteiger partial charge in [-0.25, -0.2) is 9.78 Å². The number of ether oxygens (including phenoxy) is 2. The van der Waals surface area contributed by atoms with Crippen molar-refractivity contribution in [2.24, 2.45) is 0 Å². The molecule has 0 radical (unpaired) electrons. The second-order valence-electron chi connectivity index (χ2n) is 5.50. The van der Waals surface area contributed by atoms with Crippen molar-refractivity contribution >= 4 is 23.3 Å². The number of alkyl halides is 3. The number of hydrogen-bond acceptors (Lipinski definition) is 6. The van der Waals surface area contributed by atoms with E-state index in [1.54, 1.807) is 13.8 Å². The molecule has 0 atom stereocenters. The number of nitro groups is 1. The fraction of sp³-hybridized carbons (Fsp3) is 0.250. The topological polar surface area (TPSA) is 91.6 Å². The molecule has 2 rings (SSSR count). The molecule has 11 heteroatoms. The highest BCUT2D eigenvalue weighted by Crippen LogP contribution is 2.35. The summed E-state index contributed by atoms with van der Waals surface area (Å²) < 4.78 is 48.1.